The molecule has 0 bridgehead atoms. The van der Waals surface area contributed by atoms with Gasteiger partial charge in [-0.25, -0.2) is 0 Å². The van der Waals surface area contributed by atoms with Gasteiger partial charge in [-0.15, -0.1) is 0 Å². The van der Waals surface area contributed by atoms with Gasteiger partial charge in [-0.1, -0.05) is 0 Å². The average Bonchev–Trinajstić information content (AvgIpc) is 2.16. The molecule has 0 rings (SSSR count). The van der Waals surface area contributed by atoms with Crippen molar-refractivity contribution in [3.63, 3.8) is 0 Å². The Balaban J connectivity index is 3.58. The summed E-state index contributed by atoms with van der Waals surface area (Å²) in [6.07, 6.45) is 0. The number of carbonyl (C=O) groups excluding carboxylic acids is 2. The van der Waals surface area contributed by atoms with E-state index in [1.165, 1.54) is 0 Å². The molecule has 16 heavy (non-hydrogen) atoms. The Kier molecular flexibility index (Phi) is 7.21. The molecule has 0 aliphatic carbocycles. The average molecular weight is 252 g/mol. The van der Waals surface area contributed by atoms with Crippen LogP contribution >= 0.6 is 8.38 Å². The molecule has 0 aromatic carbocycles. The molecule has 0 aliphatic heterocycles. The molecule has 7 heteroatoms. The van der Waals surface area contributed by atoms with Crippen molar-refractivity contribution < 1.29 is 28.1 Å². The molecule has 0 radical (unpaired) electrons. The van der Waals surface area contributed by atoms with Crippen molar-refractivity contribution in [1.29, 1.82) is 0 Å². The number of hydrogen-bond acceptors (Lipinski definition) is 6. The molecule has 6 nitrogen and oxygen atoms in total. The summed E-state index contributed by atoms with van der Waals surface area (Å²) in [5, 5.41) is 0. The Morgan fingerprint density at radius 1 is 1.25 bits per heavy atom. The van der Waals surface area contributed by atoms with E-state index in [0.717, 1.165) is 0 Å². The Bertz CT molecular complexity index is 225. The number of esters is 1. The molecule has 0 spiro atoms. The monoisotopic (exact) mass is 252 g/mol. The highest BCUT2D eigenvalue weighted by molar-refractivity contribution is 7.46. The van der Waals surface area contributed by atoms with Crippen LogP contribution in [0.3, 0.4) is 0 Å². The van der Waals surface area contributed by atoms with E-state index in [1.807, 2.05) is 0 Å². The van der Waals surface area contributed by atoms with E-state index in [9.17, 15) is 9.59 Å². The van der Waals surface area contributed by atoms with Crippen molar-refractivity contribution in [1.82, 2.24) is 0 Å². The van der Waals surface area contributed by atoms with Gasteiger partial charge in [-0.05, 0) is 20.8 Å². The van der Waals surface area contributed by atoms with Gasteiger partial charge >= 0.3 is 5.97 Å². The number of rotatable bonds is 7. The van der Waals surface area contributed by atoms with Crippen LogP contribution < -0.4 is 0 Å². The molecule has 0 heterocycles. The Labute approximate surface area is 96.1 Å². The van der Waals surface area contributed by atoms with E-state index in [-0.39, 0.29) is 26.0 Å². The second-order valence-electron chi connectivity index (χ2n) is 3.88. The van der Waals surface area contributed by atoms with Crippen LogP contribution in [0.5, 0.6) is 0 Å². The SMILES string of the molecule is CP(OCOC=O)OCOC(=O)C(C)(C)C. The first-order chi connectivity index (χ1) is 7.38. The number of carbonyl (C=O) groups is 2. The van der Waals surface area contributed by atoms with Crippen molar-refractivity contribution in [3.8, 4) is 0 Å². The van der Waals surface area contributed by atoms with E-state index >= 15 is 0 Å². The summed E-state index contributed by atoms with van der Waals surface area (Å²) in [7, 11) is -1.22. The standard InChI is InChI=1S/C9H17O6P/c1-9(2,3)8(11)13-7-15-16(4)14-6-12-5-10/h5H,6-7H2,1-4H3. The van der Waals surface area contributed by atoms with Gasteiger partial charge < -0.3 is 9.47 Å². The third-order valence-corrected chi connectivity index (χ3v) is 2.35. The summed E-state index contributed by atoms with van der Waals surface area (Å²) in [5.74, 6) is -0.347. The maximum Gasteiger partial charge on any atom is 0.313 e. The summed E-state index contributed by atoms with van der Waals surface area (Å²) in [6, 6.07) is 0. The number of ether oxygens (including phenoxy) is 2. The molecule has 0 N–H and O–H groups in total. The van der Waals surface area contributed by atoms with Gasteiger partial charge in [0.15, 0.2) is 22.0 Å². The first kappa shape index (κ1) is 15.3. The van der Waals surface area contributed by atoms with Gasteiger partial charge in [-0.3, -0.25) is 18.6 Å². The van der Waals surface area contributed by atoms with Crippen molar-refractivity contribution >= 4 is 20.8 Å². The Hall–Kier alpha value is -0.710. The van der Waals surface area contributed by atoms with Crippen LogP contribution in [0.1, 0.15) is 20.8 Å². The lowest BCUT2D eigenvalue weighted by molar-refractivity contribution is -0.159. The van der Waals surface area contributed by atoms with Crippen LogP contribution in [0.4, 0.5) is 0 Å². The minimum atomic E-state index is -1.22. The quantitative estimate of drug-likeness (QED) is 0.225. The highest BCUT2D eigenvalue weighted by atomic mass is 31.2. The van der Waals surface area contributed by atoms with E-state index in [4.69, 9.17) is 13.8 Å². The van der Waals surface area contributed by atoms with Crippen molar-refractivity contribution in [2.24, 2.45) is 5.41 Å². The van der Waals surface area contributed by atoms with Gasteiger partial charge in [0.2, 0.25) is 0 Å². The molecule has 0 fully saturated rings. The zero-order valence-corrected chi connectivity index (χ0v) is 10.8. The van der Waals surface area contributed by atoms with E-state index in [0.29, 0.717) is 0 Å². The molecule has 0 saturated carbocycles. The molecule has 0 aromatic rings. The van der Waals surface area contributed by atoms with E-state index in [2.05, 4.69) is 4.74 Å². The first-order valence-electron chi connectivity index (χ1n) is 4.60. The normalized spacial score (nSPS) is 13.0. The maximum absolute atomic E-state index is 11.3. The predicted octanol–water partition coefficient (Wildman–Crippen LogP) is 1.64. The zero-order valence-electron chi connectivity index (χ0n) is 9.89. The second-order valence-corrected chi connectivity index (χ2v) is 5.27. The Morgan fingerprint density at radius 2 is 1.81 bits per heavy atom. The van der Waals surface area contributed by atoms with Crippen molar-refractivity contribution in [2.45, 2.75) is 20.8 Å². The third-order valence-electron chi connectivity index (χ3n) is 1.41. The fourth-order valence-corrected chi connectivity index (χ4v) is 1.03. The largest absolute Gasteiger partial charge is 0.440 e. The molecular weight excluding hydrogens is 235 g/mol. The van der Waals surface area contributed by atoms with Crippen LogP contribution in [0, 0.1) is 5.41 Å². The second kappa shape index (κ2) is 7.54. The highest BCUT2D eigenvalue weighted by Crippen LogP contribution is 2.33. The smallest absolute Gasteiger partial charge is 0.313 e. The lowest BCUT2D eigenvalue weighted by Gasteiger charge is -2.17. The molecule has 94 valence electrons. The molecule has 1 atom stereocenters. The molecular formula is C9H17O6P. The van der Waals surface area contributed by atoms with Crippen LogP contribution in [-0.4, -0.2) is 32.7 Å². The fourth-order valence-electron chi connectivity index (χ4n) is 0.540. The summed E-state index contributed by atoms with van der Waals surface area (Å²) in [6.45, 7) is 6.85. The molecule has 0 aromatic heterocycles. The van der Waals surface area contributed by atoms with Gasteiger partial charge in [0.25, 0.3) is 6.47 Å². The molecule has 0 aliphatic rings. The summed E-state index contributed by atoms with van der Waals surface area (Å²) in [5.41, 5.74) is -0.554. The van der Waals surface area contributed by atoms with Crippen molar-refractivity contribution in [3.05, 3.63) is 0 Å². The minimum absolute atomic E-state index is 0.167. The van der Waals surface area contributed by atoms with Gasteiger partial charge in [0.1, 0.15) is 0 Å². The zero-order chi connectivity index (χ0) is 12.6. The minimum Gasteiger partial charge on any atom is -0.440 e. The summed E-state index contributed by atoms with van der Waals surface area (Å²) < 4.78 is 19.2. The Morgan fingerprint density at radius 3 is 2.31 bits per heavy atom. The summed E-state index contributed by atoms with van der Waals surface area (Å²) >= 11 is 0. The lowest BCUT2D eigenvalue weighted by Crippen LogP contribution is -2.23. The van der Waals surface area contributed by atoms with E-state index < -0.39 is 13.8 Å². The van der Waals surface area contributed by atoms with Gasteiger partial charge in [-0.2, -0.15) is 0 Å². The van der Waals surface area contributed by atoms with Crippen molar-refractivity contribution in [2.75, 3.05) is 20.3 Å². The molecule has 1 unspecified atom stereocenters. The lowest BCUT2D eigenvalue weighted by atomic mass is 9.98. The molecule has 0 saturated heterocycles. The van der Waals surface area contributed by atoms with Gasteiger partial charge in [0.05, 0.1) is 5.41 Å². The maximum atomic E-state index is 11.3. The topological polar surface area (TPSA) is 71.1 Å². The number of hydrogen-bond donors (Lipinski definition) is 0. The van der Waals surface area contributed by atoms with Crippen LogP contribution in [-0.2, 0) is 28.1 Å². The third kappa shape index (κ3) is 7.56. The van der Waals surface area contributed by atoms with Crippen LogP contribution in [0.25, 0.3) is 0 Å². The fraction of sp³-hybridized carbons (Fsp3) is 0.778. The van der Waals surface area contributed by atoms with Crippen LogP contribution in [0.2, 0.25) is 0 Å². The summed E-state index contributed by atoms with van der Waals surface area (Å²) in [4.78, 5) is 21.1. The highest BCUT2D eigenvalue weighted by Gasteiger charge is 2.23. The predicted molar refractivity (Wildman–Crippen MR) is 57.4 cm³/mol. The van der Waals surface area contributed by atoms with E-state index in [1.54, 1.807) is 27.4 Å². The first-order valence-corrected chi connectivity index (χ1v) is 6.22. The van der Waals surface area contributed by atoms with Gasteiger partial charge in [0, 0.05) is 6.66 Å². The van der Waals surface area contributed by atoms with Crippen LogP contribution in [0.15, 0.2) is 0 Å². The molecule has 0 amide bonds.